The molecule has 1 amide bonds. The first-order valence-electron chi connectivity index (χ1n) is 24.9. The van der Waals surface area contributed by atoms with E-state index in [9.17, 15) is 47.4 Å². The molecule has 2 N–H and O–H groups in total. The summed E-state index contributed by atoms with van der Waals surface area (Å²) < 4.78 is 76.6. The van der Waals surface area contributed by atoms with Crippen LogP contribution >= 0.6 is 0 Å². The number of nitrogens with zero attached hydrogens (tertiary/aromatic N) is 1. The van der Waals surface area contributed by atoms with Gasteiger partial charge in [-0.1, -0.05) is 45.4 Å². The van der Waals surface area contributed by atoms with Gasteiger partial charge in [0.25, 0.3) is 11.7 Å². The number of methoxy groups -OCH3 is 3. The minimum atomic E-state index is -4.62. The van der Waals surface area contributed by atoms with E-state index in [1.807, 2.05) is 32.9 Å². The van der Waals surface area contributed by atoms with Crippen LogP contribution in [0.5, 0.6) is 0 Å². The molecule has 0 aromatic heterocycles. The summed E-state index contributed by atoms with van der Waals surface area (Å²) >= 11 is 0. The maximum absolute atomic E-state index is 14.5. The number of alkyl halides is 3. The number of ketones is 3. The lowest BCUT2D eigenvalue weighted by Crippen LogP contribution is -2.64. The zero-order valence-electron chi connectivity index (χ0n) is 42.6. The Hall–Kier alpha value is -3.84. The van der Waals surface area contributed by atoms with E-state index in [0.717, 1.165) is 22.6 Å². The van der Waals surface area contributed by atoms with Gasteiger partial charge in [0.15, 0.2) is 5.78 Å². The molecule has 1 aliphatic carbocycles. The normalized spacial score (nSPS) is 35.1. The molecule has 392 valence electrons. The molecule has 17 heteroatoms. The Balaban J connectivity index is 1.44. The molecular weight excluding hydrogens is 916 g/mol. The summed E-state index contributed by atoms with van der Waals surface area (Å²) in [6.45, 7) is 12.0. The molecular formula is C53H76F3NO13. The molecule has 2 saturated heterocycles. The second kappa shape index (κ2) is 24.7. The molecule has 14 nitrogen and oxygen atoms in total. The lowest BCUT2D eigenvalue weighted by atomic mass is 9.81. The highest BCUT2D eigenvalue weighted by molar-refractivity contribution is 6.39. The Kier molecular flexibility index (Phi) is 20.2. The number of esters is 1. The Morgan fingerprint density at radius 3 is 2.21 bits per heavy atom. The summed E-state index contributed by atoms with van der Waals surface area (Å²) in [5.41, 5.74) is 0.778. The number of Topliss-reactive ketones (excluding diaryl/α,β-unsaturated/α-hetero) is 3. The number of amides is 1. The summed E-state index contributed by atoms with van der Waals surface area (Å²) in [7, 11) is 4.52. The fraction of sp³-hybridized carbons (Fsp3) is 0.717. The Morgan fingerprint density at radius 2 is 1.57 bits per heavy atom. The van der Waals surface area contributed by atoms with E-state index >= 15 is 0 Å². The fourth-order valence-corrected chi connectivity index (χ4v) is 10.9. The van der Waals surface area contributed by atoms with Crippen molar-refractivity contribution in [1.82, 2.24) is 4.90 Å². The Labute approximate surface area is 411 Å². The van der Waals surface area contributed by atoms with E-state index in [1.165, 1.54) is 34.3 Å². The highest BCUT2D eigenvalue weighted by Gasteiger charge is 2.56. The molecule has 0 spiro atoms. The monoisotopic (exact) mass is 992 g/mol. The predicted octanol–water partition coefficient (Wildman–Crippen LogP) is 7.71. The molecule has 70 heavy (non-hydrogen) atoms. The van der Waals surface area contributed by atoms with Crippen LogP contribution in [-0.2, 0) is 53.8 Å². The van der Waals surface area contributed by atoms with Crippen molar-refractivity contribution in [3.05, 3.63) is 58.2 Å². The lowest BCUT2D eigenvalue weighted by Gasteiger charge is -2.47. The van der Waals surface area contributed by atoms with Crippen molar-refractivity contribution in [3.63, 3.8) is 0 Å². The Bertz CT molecular complexity index is 2070. The smallest absolute Gasteiger partial charge is 0.416 e. The van der Waals surface area contributed by atoms with Crippen molar-refractivity contribution < 1.29 is 75.8 Å². The Morgan fingerprint density at radius 1 is 0.900 bits per heavy atom. The standard InChI is InChI=1S/C53H76F3NO13/c1-11-36-19-29(2)18-30(3)22-45(66-9)48-46(67-10)24-33(6)52(64,70-48)49(61)50(62)57-17-13-12-14-39(57)51(63)69-47(34(7)40(58)27-41(36)59)32(5)23-35-15-16-43(44(25-35)65-8)68-28-42(60)37-20-31(4)21-38(26-37)53(54,55)56/h19-21,23,26,30,33-36,39-40,43-48,58,64H,11-18,22,24-25,27-28H2,1-10H3. The van der Waals surface area contributed by atoms with E-state index < -0.39 is 114 Å². The topological polar surface area (TPSA) is 184 Å². The molecule has 5 rings (SSSR count). The van der Waals surface area contributed by atoms with Gasteiger partial charge in [0, 0.05) is 57.6 Å². The van der Waals surface area contributed by atoms with Crippen molar-refractivity contribution in [2.75, 3.05) is 34.5 Å². The van der Waals surface area contributed by atoms with Crippen LogP contribution in [0.4, 0.5) is 13.2 Å². The van der Waals surface area contributed by atoms with Crippen LogP contribution in [0.2, 0.25) is 0 Å². The van der Waals surface area contributed by atoms with E-state index in [4.69, 9.17) is 28.4 Å². The number of aliphatic hydroxyl groups is 2. The highest BCUT2D eigenvalue weighted by atomic mass is 19.4. The molecule has 3 aliphatic heterocycles. The van der Waals surface area contributed by atoms with Crippen molar-refractivity contribution in [3.8, 4) is 0 Å². The number of ether oxygens (including phenoxy) is 6. The number of carbonyl (C=O) groups is 5. The highest BCUT2D eigenvalue weighted by Crippen LogP contribution is 2.40. The number of carbonyl (C=O) groups excluding carboxylic acids is 5. The third kappa shape index (κ3) is 13.8. The summed E-state index contributed by atoms with van der Waals surface area (Å²) in [4.78, 5) is 71.4. The van der Waals surface area contributed by atoms with Gasteiger partial charge in [-0.15, -0.1) is 0 Å². The molecule has 1 saturated carbocycles. The largest absolute Gasteiger partial charge is 0.456 e. The van der Waals surface area contributed by atoms with Crippen LogP contribution in [0.15, 0.2) is 41.5 Å². The predicted molar refractivity (Wildman–Crippen MR) is 252 cm³/mol. The van der Waals surface area contributed by atoms with Gasteiger partial charge >= 0.3 is 12.1 Å². The van der Waals surface area contributed by atoms with E-state index in [-0.39, 0.29) is 49.0 Å². The number of hydrogen-bond donors (Lipinski definition) is 2. The molecule has 3 fully saturated rings. The minimum Gasteiger partial charge on any atom is -0.456 e. The summed E-state index contributed by atoms with van der Waals surface area (Å²) in [6, 6.07) is 1.97. The van der Waals surface area contributed by atoms with Gasteiger partial charge in [-0.25, -0.2) is 4.79 Å². The van der Waals surface area contributed by atoms with Gasteiger partial charge in [-0.3, -0.25) is 19.2 Å². The number of cyclic esters (lactones) is 1. The first kappa shape index (κ1) is 57.1. The van der Waals surface area contributed by atoms with Gasteiger partial charge in [-0.2, -0.15) is 13.2 Å². The number of fused-ring (bicyclic) bond motifs is 3. The van der Waals surface area contributed by atoms with Crippen LogP contribution in [0.3, 0.4) is 0 Å². The zero-order chi connectivity index (χ0) is 51.8. The van der Waals surface area contributed by atoms with Crippen LogP contribution in [0.1, 0.15) is 134 Å². The number of aryl methyl sites for hydroxylation is 1. The van der Waals surface area contributed by atoms with Crippen LogP contribution in [-0.4, -0.2) is 133 Å². The maximum Gasteiger partial charge on any atom is 0.416 e. The second-order valence-electron chi connectivity index (χ2n) is 20.4. The van der Waals surface area contributed by atoms with Gasteiger partial charge in [0.05, 0.1) is 36.1 Å². The molecule has 2 bridgehead atoms. The van der Waals surface area contributed by atoms with Crippen LogP contribution in [0.25, 0.3) is 0 Å². The fourth-order valence-electron chi connectivity index (χ4n) is 10.9. The molecule has 4 aliphatic rings. The summed E-state index contributed by atoms with van der Waals surface area (Å²) in [5, 5.41) is 24.0. The number of aliphatic hydroxyl groups excluding tert-OH is 1. The molecule has 1 aromatic rings. The zero-order valence-corrected chi connectivity index (χ0v) is 42.6. The van der Waals surface area contributed by atoms with Gasteiger partial charge in [0.2, 0.25) is 5.79 Å². The first-order chi connectivity index (χ1) is 32.9. The van der Waals surface area contributed by atoms with Crippen molar-refractivity contribution >= 4 is 29.2 Å². The van der Waals surface area contributed by atoms with E-state index in [2.05, 4.69) is 0 Å². The van der Waals surface area contributed by atoms with Crippen molar-refractivity contribution in [1.29, 1.82) is 0 Å². The molecule has 14 atom stereocenters. The average Bonchev–Trinajstić information content (AvgIpc) is 3.32. The third-order valence-electron chi connectivity index (χ3n) is 15.0. The number of rotatable bonds is 10. The number of benzene rings is 1. The molecule has 0 radical (unpaired) electrons. The third-order valence-corrected chi connectivity index (χ3v) is 15.0. The van der Waals surface area contributed by atoms with Gasteiger partial charge < -0.3 is 43.5 Å². The van der Waals surface area contributed by atoms with Gasteiger partial charge in [-0.05, 0) is 126 Å². The maximum atomic E-state index is 14.5. The molecule has 14 unspecified atom stereocenters. The van der Waals surface area contributed by atoms with Gasteiger partial charge in [0.1, 0.15) is 30.6 Å². The number of halogens is 3. The summed E-state index contributed by atoms with van der Waals surface area (Å²) in [5.74, 6) is -8.86. The average molecular weight is 992 g/mol. The number of hydrogen-bond acceptors (Lipinski definition) is 13. The van der Waals surface area contributed by atoms with Crippen molar-refractivity contribution in [2.24, 2.45) is 29.6 Å². The quantitative estimate of drug-likeness (QED) is 0.101. The molecule has 3 heterocycles. The van der Waals surface area contributed by atoms with Crippen LogP contribution in [0, 0.1) is 36.5 Å². The lowest BCUT2D eigenvalue weighted by molar-refractivity contribution is -0.302. The van der Waals surface area contributed by atoms with E-state index in [0.29, 0.717) is 62.5 Å². The number of piperidine rings is 1. The van der Waals surface area contributed by atoms with Crippen LogP contribution < -0.4 is 0 Å². The number of allylic oxidation sites excluding steroid dienone is 3. The first-order valence-corrected chi connectivity index (χ1v) is 24.9. The second-order valence-corrected chi connectivity index (χ2v) is 20.4. The molecule has 1 aromatic carbocycles. The van der Waals surface area contributed by atoms with E-state index in [1.54, 1.807) is 20.8 Å². The summed E-state index contributed by atoms with van der Waals surface area (Å²) in [6.07, 6.45) is -2.38. The SMILES string of the molecule is CCC1C=C(C)CC(C)CC(OC)C2OC(O)(C(=O)C(=O)N3CCCCC3C(=O)OC(C(C)=CC3CCC(OCC(=O)c4cc(C)cc(C(F)(F)F)c4)C(OC)C3)C(C)C(O)CC1=O)C(C)CC2OC. The minimum absolute atomic E-state index is 0.0133. The van der Waals surface area contributed by atoms with Crippen molar-refractivity contribution in [2.45, 2.75) is 180 Å².